The van der Waals surface area contributed by atoms with Gasteiger partial charge in [-0.3, -0.25) is 4.79 Å². The molecule has 43 heavy (non-hydrogen) atoms. The molecule has 5 rings (SSSR count). The summed E-state index contributed by atoms with van der Waals surface area (Å²) in [5.74, 6) is -1.41. The van der Waals surface area contributed by atoms with Crippen LogP contribution in [-0.4, -0.2) is 115 Å². The molecule has 234 valence electrons. The SMILES string of the molecule is COc1cc2oc(-c3ccc(OC4OC(C)C(O)C(O)C4O)c(O)c3)cc(=O)c2c(O)c1C1OC(CO)C(O)C(O)C1O. The first kappa shape index (κ1) is 30.9. The molecule has 1 aromatic heterocycles. The second-order valence-electron chi connectivity index (χ2n) is 10.4. The van der Waals surface area contributed by atoms with E-state index in [0.717, 1.165) is 6.07 Å². The highest BCUT2D eigenvalue weighted by Gasteiger charge is 2.46. The van der Waals surface area contributed by atoms with Crippen molar-refractivity contribution in [2.75, 3.05) is 13.7 Å². The maximum Gasteiger partial charge on any atom is 0.229 e. The number of phenols is 2. The van der Waals surface area contributed by atoms with Crippen molar-refractivity contribution in [1.29, 1.82) is 0 Å². The summed E-state index contributed by atoms with van der Waals surface area (Å²) in [6, 6.07) is 6.20. The lowest BCUT2D eigenvalue weighted by atomic mass is 9.89. The summed E-state index contributed by atoms with van der Waals surface area (Å²) in [6.45, 7) is 0.763. The van der Waals surface area contributed by atoms with Gasteiger partial charge in [-0.05, 0) is 25.1 Å². The van der Waals surface area contributed by atoms with Crippen molar-refractivity contribution in [2.24, 2.45) is 0 Å². The number of aromatic hydroxyl groups is 2. The molecule has 15 nitrogen and oxygen atoms in total. The summed E-state index contributed by atoms with van der Waals surface area (Å²) in [7, 11) is 1.24. The van der Waals surface area contributed by atoms with Gasteiger partial charge in [-0.25, -0.2) is 0 Å². The van der Waals surface area contributed by atoms with E-state index < -0.39 is 84.8 Å². The molecule has 3 aromatic rings. The highest BCUT2D eigenvalue weighted by atomic mass is 16.7. The molecule has 3 heterocycles. The van der Waals surface area contributed by atoms with Gasteiger partial charge in [0.25, 0.3) is 0 Å². The van der Waals surface area contributed by atoms with Crippen molar-refractivity contribution < 1.29 is 69.3 Å². The first-order chi connectivity index (χ1) is 20.4. The van der Waals surface area contributed by atoms with Crippen LogP contribution in [-0.2, 0) is 9.47 Å². The first-order valence-electron chi connectivity index (χ1n) is 13.3. The third kappa shape index (κ3) is 5.39. The number of hydrogen-bond donors (Lipinski definition) is 9. The van der Waals surface area contributed by atoms with Crippen LogP contribution >= 0.6 is 0 Å². The maximum atomic E-state index is 13.2. The number of benzene rings is 2. The fourth-order valence-electron chi connectivity index (χ4n) is 5.23. The topological polar surface area (TPSA) is 249 Å². The Morgan fingerprint density at radius 2 is 1.53 bits per heavy atom. The summed E-state index contributed by atoms with van der Waals surface area (Å²) in [6.07, 6.45) is -14.7. The van der Waals surface area contributed by atoms with Gasteiger partial charge in [-0.1, -0.05) is 0 Å². The average molecular weight is 609 g/mol. The highest BCUT2D eigenvalue weighted by Crippen LogP contribution is 2.45. The number of fused-ring (bicyclic) bond motifs is 1. The molecule has 2 aliphatic rings. The number of aliphatic hydroxyl groups is 7. The fraction of sp³-hybridized carbons (Fsp3) is 0.464. The molecule has 10 unspecified atom stereocenters. The molecule has 0 spiro atoms. The average Bonchev–Trinajstić information content (AvgIpc) is 2.98. The van der Waals surface area contributed by atoms with E-state index in [9.17, 15) is 50.8 Å². The Balaban J connectivity index is 1.49. The molecule has 0 saturated carbocycles. The number of rotatable bonds is 6. The largest absolute Gasteiger partial charge is 0.506 e. The van der Waals surface area contributed by atoms with Gasteiger partial charge < -0.3 is 69.3 Å². The molecule has 15 heteroatoms. The van der Waals surface area contributed by atoms with E-state index in [4.69, 9.17) is 23.4 Å². The minimum absolute atomic E-state index is 0.0393. The predicted octanol–water partition coefficient (Wildman–Crippen LogP) is -1.40. The van der Waals surface area contributed by atoms with Crippen LogP contribution in [0.4, 0.5) is 0 Å². The van der Waals surface area contributed by atoms with Gasteiger partial charge in [0.1, 0.15) is 77.1 Å². The van der Waals surface area contributed by atoms with Crippen LogP contribution in [0.25, 0.3) is 22.3 Å². The van der Waals surface area contributed by atoms with E-state index in [-0.39, 0.29) is 39.4 Å². The minimum Gasteiger partial charge on any atom is -0.506 e. The standard InChI is InChI=1S/C28H32O15/c1-9-20(32)23(35)26(38)28(40-9)43-13-4-3-10(5-11(13)30)14-6-12(31)18-16(41-14)7-15(39-2)19(22(18)34)27-25(37)24(36)21(33)17(8-29)42-27/h3-7,9,17,20-21,23-30,32-38H,8H2,1-2H3. The Morgan fingerprint density at radius 1 is 0.837 bits per heavy atom. The molecule has 2 aliphatic heterocycles. The number of phenolic OH excluding ortho intramolecular Hbond substituents is 2. The van der Waals surface area contributed by atoms with Crippen LogP contribution in [0.15, 0.2) is 39.5 Å². The van der Waals surface area contributed by atoms with Crippen molar-refractivity contribution in [2.45, 2.75) is 68.1 Å². The van der Waals surface area contributed by atoms with Crippen LogP contribution in [0.5, 0.6) is 23.0 Å². The molecular formula is C28H32O15. The number of ether oxygens (including phenoxy) is 4. The zero-order valence-corrected chi connectivity index (χ0v) is 22.8. The Kier molecular flexibility index (Phi) is 8.54. The van der Waals surface area contributed by atoms with E-state index >= 15 is 0 Å². The van der Waals surface area contributed by atoms with Crippen LogP contribution in [0.1, 0.15) is 18.6 Å². The van der Waals surface area contributed by atoms with Crippen molar-refractivity contribution in [1.82, 2.24) is 0 Å². The smallest absolute Gasteiger partial charge is 0.229 e. The lowest BCUT2D eigenvalue weighted by Crippen LogP contribution is -2.58. The summed E-state index contributed by atoms with van der Waals surface area (Å²) < 4.78 is 27.6. The quantitative estimate of drug-likeness (QED) is 0.156. The lowest BCUT2D eigenvalue weighted by Gasteiger charge is -2.40. The Bertz CT molecular complexity index is 1540. The van der Waals surface area contributed by atoms with Crippen molar-refractivity contribution >= 4 is 11.0 Å². The van der Waals surface area contributed by atoms with Crippen LogP contribution in [0.3, 0.4) is 0 Å². The highest BCUT2D eigenvalue weighted by molar-refractivity contribution is 5.88. The zero-order valence-electron chi connectivity index (χ0n) is 22.8. The Morgan fingerprint density at radius 3 is 2.19 bits per heavy atom. The van der Waals surface area contributed by atoms with Gasteiger partial charge in [-0.2, -0.15) is 0 Å². The molecule has 2 fully saturated rings. The third-order valence-electron chi connectivity index (χ3n) is 7.69. The Hall–Kier alpha value is -3.51. The zero-order chi connectivity index (χ0) is 31.3. The number of methoxy groups -OCH3 is 1. The lowest BCUT2D eigenvalue weighted by molar-refractivity contribution is -0.268. The minimum atomic E-state index is -1.76. The predicted molar refractivity (Wildman–Crippen MR) is 144 cm³/mol. The summed E-state index contributed by atoms with van der Waals surface area (Å²) in [5.41, 5.74) is -0.896. The van der Waals surface area contributed by atoms with Gasteiger partial charge in [0.05, 0.1) is 25.4 Å². The second kappa shape index (κ2) is 11.9. The van der Waals surface area contributed by atoms with Gasteiger partial charge in [0.15, 0.2) is 16.9 Å². The molecule has 10 atom stereocenters. The summed E-state index contributed by atoms with van der Waals surface area (Å²) in [4.78, 5) is 13.2. The molecule has 0 amide bonds. The molecular weight excluding hydrogens is 576 g/mol. The van der Waals surface area contributed by atoms with E-state index in [1.54, 1.807) is 0 Å². The molecule has 0 radical (unpaired) electrons. The monoisotopic (exact) mass is 608 g/mol. The van der Waals surface area contributed by atoms with Crippen LogP contribution in [0.2, 0.25) is 0 Å². The van der Waals surface area contributed by atoms with Crippen molar-refractivity contribution in [3.05, 3.63) is 46.1 Å². The van der Waals surface area contributed by atoms with Crippen molar-refractivity contribution in [3.63, 3.8) is 0 Å². The Labute approximate surface area is 242 Å². The van der Waals surface area contributed by atoms with Crippen LogP contribution in [0, 0.1) is 0 Å². The van der Waals surface area contributed by atoms with Gasteiger partial charge in [0, 0.05) is 17.7 Å². The van der Waals surface area contributed by atoms with Gasteiger partial charge >= 0.3 is 0 Å². The number of aliphatic hydroxyl groups excluding tert-OH is 7. The molecule has 9 N–H and O–H groups in total. The molecule has 2 saturated heterocycles. The normalized spacial score (nSPS) is 33.0. The number of hydrogen-bond acceptors (Lipinski definition) is 15. The van der Waals surface area contributed by atoms with Crippen molar-refractivity contribution in [3.8, 4) is 34.3 Å². The van der Waals surface area contributed by atoms with E-state index in [0.29, 0.717) is 0 Å². The molecule has 2 aromatic carbocycles. The summed E-state index contributed by atoms with van der Waals surface area (Å²) in [5, 5.41) is 92.0. The van der Waals surface area contributed by atoms with Gasteiger partial charge in [0.2, 0.25) is 6.29 Å². The second-order valence-corrected chi connectivity index (χ2v) is 10.4. The fourth-order valence-corrected chi connectivity index (χ4v) is 5.23. The summed E-state index contributed by atoms with van der Waals surface area (Å²) >= 11 is 0. The van der Waals surface area contributed by atoms with Crippen LogP contribution < -0.4 is 14.9 Å². The van der Waals surface area contributed by atoms with Gasteiger partial charge in [-0.15, -0.1) is 0 Å². The van der Waals surface area contributed by atoms with E-state index in [2.05, 4.69) is 0 Å². The van der Waals surface area contributed by atoms with E-state index in [1.807, 2.05) is 0 Å². The van der Waals surface area contributed by atoms with E-state index in [1.165, 1.54) is 38.3 Å². The third-order valence-corrected chi connectivity index (χ3v) is 7.69. The first-order valence-corrected chi connectivity index (χ1v) is 13.3. The molecule has 0 bridgehead atoms. The molecule has 0 aliphatic carbocycles. The maximum absolute atomic E-state index is 13.2.